The average molecular weight is 412 g/mol. The van der Waals surface area contributed by atoms with Crippen molar-refractivity contribution in [2.45, 2.75) is 53.3 Å². The fourth-order valence-electron chi connectivity index (χ4n) is 3.44. The van der Waals surface area contributed by atoms with Crippen molar-refractivity contribution in [3.8, 4) is 0 Å². The van der Waals surface area contributed by atoms with E-state index in [1.807, 2.05) is 19.1 Å². The summed E-state index contributed by atoms with van der Waals surface area (Å²) >= 11 is -1.43. The Morgan fingerprint density at radius 1 is 1.15 bits per heavy atom. The molecule has 0 aromatic heterocycles. The molecule has 0 heterocycles. The molecule has 2 aliphatic carbocycles. The van der Waals surface area contributed by atoms with Crippen molar-refractivity contribution < 1.29 is 17.4 Å². The topological polar surface area (TPSA) is 12.0 Å². The summed E-state index contributed by atoms with van der Waals surface area (Å²) in [6.45, 7) is 19.0. The molecular formula is C24H34NSiTi. The molecule has 1 aromatic carbocycles. The van der Waals surface area contributed by atoms with Gasteiger partial charge in [0.1, 0.15) is 0 Å². The van der Waals surface area contributed by atoms with E-state index in [0.717, 1.165) is 0 Å². The molecule has 0 aliphatic heterocycles. The third-order valence-electron chi connectivity index (χ3n) is 4.53. The fraction of sp³-hybridized carbons (Fsp3) is 0.333. The number of hydrogen-bond acceptors (Lipinski definition) is 1. The van der Waals surface area contributed by atoms with E-state index < -0.39 is 24.0 Å². The monoisotopic (exact) mass is 412 g/mol. The molecule has 1 N–H and O–H groups in total. The zero-order valence-electron chi connectivity index (χ0n) is 18.0. The second kappa shape index (κ2) is 9.34. The second-order valence-corrected chi connectivity index (χ2v) is 21.1. The number of hydrogen-bond donors (Lipinski definition) is 1. The summed E-state index contributed by atoms with van der Waals surface area (Å²) in [6, 6.07) is 4.80. The van der Waals surface area contributed by atoms with Crippen molar-refractivity contribution in [2.24, 2.45) is 0 Å². The van der Waals surface area contributed by atoms with Crippen molar-refractivity contribution in [3.05, 3.63) is 70.2 Å². The molecule has 143 valence electrons. The van der Waals surface area contributed by atoms with Crippen LogP contribution in [0.4, 0.5) is 0 Å². The van der Waals surface area contributed by atoms with Crippen LogP contribution in [0.25, 0.3) is 22.1 Å². The molecule has 0 bridgehead atoms. The Labute approximate surface area is 172 Å². The Balaban J connectivity index is 0.000000465. The summed E-state index contributed by atoms with van der Waals surface area (Å²) in [5.41, 5.74) is 4.61. The third kappa shape index (κ3) is 5.65. The summed E-state index contributed by atoms with van der Waals surface area (Å²) in [6.07, 6.45) is 14.6. The van der Waals surface area contributed by atoms with Crippen molar-refractivity contribution in [3.63, 3.8) is 0 Å². The van der Waals surface area contributed by atoms with E-state index in [2.05, 4.69) is 87.6 Å². The molecular weight excluding hydrogens is 378 g/mol. The van der Waals surface area contributed by atoms with Crippen LogP contribution in [-0.2, 0) is 17.4 Å². The predicted molar refractivity (Wildman–Crippen MR) is 123 cm³/mol. The second-order valence-electron chi connectivity index (χ2n) is 8.50. The van der Waals surface area contributed by atoms with Gasteiger partial charge in [-0.2, -0.15) is 0 Å². The summed E-state index contributed by atoms with van der Waals surface area (Å²) in [5.74, 6) is 0. The van der Waals surface area contributed by atoms with Crippen LogP contribution >= 0.6 is 0 Å². The van der Waals surface area contributed by atoms with Crippen LogP contribution in [0, 0.1) is 0 Å². The summed E-state index contributed by atoms with van der Waals surface area (Å²) in [5, 5.41) is 2.82. The standard InChI is InChI=1S/C13H9.C5H8.C4H10N.C2H7Si.Ti/c1-9-5-12-7-10-3-2-4-11(10)8-13(12)6-9;1-3-5-4-2;1-4(2,3)5;1-3-2;/h2-5,7-8H,1H3;3-5H,1H2,2H3;5H,1-3H3;3H,1-2H3;/q;;-1;;+1. The predicted octanol–water partition coefficient (Wildman–Crippen LogP) is 4.67. The first-order chi connectivity index (χ1) is 12.7. The molecule has 27 heavy (non-hydrogen) atoms. The van der Waals surface area contributed by atoms with Crippen molar-refractivity contribution in [1.29, 1.82) is 0 Å². The van der Waals surface area contributed by atoms with E-state index in [4.69, 9.17) is 0 Å². The van der Waals surface area contributed by atoms with Gasteiger partial charge < -0.3 is 0 Å². The molecule has 0 atom stereocenters. The summed E-state index contributed by atoms with van der Waals surface area (Å²) in [7, 11) is 0. The molecule has 0 amide bonds. The van der Waals surface area contributed by atoms with Crippen LogP contribution in [0.3, 0.4) is 0 Å². The molecule has 0 saturated carbocycles. The van der Waals surface area contributed by atoms with Gasteiger partial charge >= 0.3 is 142 Å². The zero-order chi connectivity index (χ0) is 20.2. The molecule has 2 aliphatic rings. The first kappa shape index (κ1) is 22.1. The van der Waals surface area contributed by atoms with E-state index in [1.165, 1.54) is 27.1 Å². The maximum atomic E-state index is 4.06. The summed E-state index contributed by atoms with van der Waals surface area (Å²) < 4.78 is 5.76. The van der Waals surface area contributed by atoms with Crippen LogP contribution in [0.2, 0.25) is 13.1 Å². The van der Waals surface area contributed by atoms with Gasteiger partial charge in [0.25, 0.3) is 0 Å². The summed E-state index contributed by atoms with van der Waals surface area (Å²) in [4.78, 5) is 0. The van der Waals surface area contributed by atoms with Crippen LogP contribution in [0.15, 0.2) is 48.6 Å². The van der Waals surface area contributed by atoms with E-state index in [1.54, 1.807) is 9.95 Å². The van der Waals surface area contributed by atoms with Gasteiger partial charge in [-0.1, -0.05) is 24.8 Å². The number of nitrogens with one attached hydrogen (secondary N) is 1. The molecule has 1 aromatic rings. The van der Waals surface area contributed by atoms with Crippen LogP contribution < -0.4 is 14.2 Å². The van der Waals surface area contributed by atoms with Crippen LogP contribution in [0.5, 0.6) is 0 Å². The van der Waals surface area contributed by atoms with Crippen molar-refractivity contribution in [1.82, 2.24) is 3.80 Å². The van der Waals surface area contributed by atoms with E-state index >= 15 is 0 Å². The van der Waals surface area contributed by atoms with Gasteiger partial charge in [-0.25, -0.2) is 0 Å². The minimum atomic E-state index is -1.43. The van der Waals surface area contributed by atoms with E-state index in [9.17, 15) is 0 Å². The third-order valence-corrected chi connectivity index (χ3v) is 16.3. The molecule has 0 spiro atoms. The van der Waals surface area contributed by atoms with E-state index in [-0.39, 0.29) is 5.54 Å². The Kier molecular flexibility index (Phi) is 7.65. The molecule has 0 unspecified atom stereocenters. The Morgan fingerprint density at radius 2 is 1.85 bits per heavy atom. The molecule has 1 nitrogen and oxygen atoms in total. The van der Waals surface area contributed by atoms with Crippen molar-refractivity contribution in [2.75, 3.05) is 0 Å². The molecule has 0 radical (unpaired) electrons. The van der Waals surface area contributed by atoms with Crippen molar-refractivity contribution >= 4 is 28.8 Å². The van der Waals surface area contributed by atoms with Crippen LogP contribution in [-0.4, -0.2) is 12.2 Å². The number of fused-ring (bicyclic) bond motifs is 2. The van der Waals surface area contributed by atoms with Gasteiger partial charge in [0.15, 0.2) is 0 Å². The Morgan fingerprint density at radius 3 is 2.37 bits per heavy atom. The fourth-order valence-corrected chi connectivity index (χ4v) is 14.8. The molecule has 3 rings (SSSR count). The number of rotatable bonds is 4. The molecule has 0 fully saturated rings. The van der Waals surface area contributed by atoms with Crippen LogP contribution in [0.1, 0.15) is 45.7 Å². The van der Waals surface area contributed by atoms with Gasteiger partial charge in [0.05, 0.1) is 0 Å². The van der Waals surface area contributed by atoms with Gasteiger partial charge in [0, 0.05) is 0 Å². The number of benzene rings is 1. The Bertz CT molecular complexity index is 911. The van der Waals surface area contributed by atoms with Gasteiger partial charge in [-0.15, -0.1) is 0 Å². The zero-order valence-corrected chi connectivity index (χ0v) is 20.7. The molecule has 0 saturated heterocycles. The molecule has 3 heteroatoms. The SMILES string of the molecule is C=CC=CC.CC1=[C]([Ti]([NH]C(C)(C)C)[SiH](C)C)c2cc3c(cc2=C1)C=CC=3. The maximum absolute atomic E-state index is 4.06. The first-order valence-electron chi connectivity index (χ1n) is 9.82. The minimum absolute atomic E-state index is 0.215. The normalized spacial score (nSPS) is 14.5. The van der Waals surface area contributed by atoms with E-state index in [0.29, 0.717) is 0 Å². The Hall–Kier alpha value is -1.19. The van der Waals surface area contributed by atoms with Gasteiger partial charge in [-0.3, -0.25) is 0 Å². The van der Waals surface area contributed by atoms with Gasteiger partial charge in [0.2, 0.25) is 0 Å². The van der Waals surface area contributed by atoms with Gasteiger partial charge in [-0.05, 0) is 6.92 Å². The number of allylic oxidation sites excluding steroid dienone is 5. The average Bonchev–Trinajstić information content (AvgIpc) is 3.13. The quantitative estimate of drug-likeness (QED) is 0.560. The first-order valence-corrected chi connectivity index (χ1v) is 17.0.